The van der Waals surface area contributed by atoms with Crippen molar-refractivity contribution in [3.05, 3.63) is 70.8 Å². The molecule has 0 aliphatic heterocycles. The molecule has 10 nitrogen and oxygen atoms in total. The Balaban J connectivity index is 1.85. The Labute approximate surface area is 161 Å². The second-order valence-corrected chi connectivity index (χ2v) is 7.83. The third-order valence-electron chi connectivity index (χ3n) is 4.19. The Morgan fingerprint density at radius 3 is 2.46 bits per heavy atom. The predicted molar refractivity (Wildman–Crippen MR) is 103 cm³/mol. The molecule has 1 aromatic heterocycles. The molecule has 28 heavy (non-hydrogen) atoms. The predicted octanol–water partition coefficient (Wildman–Crippen LogP) is 2.26. The number of nitrogens with one attached hydrogen (secondary N) is 2. The molecule has 0 aliphatic carbocycles. The summed E-state index contributed by atoms with van der Waals surface area (Å²) in [6.07, 6.45) is 3.02. The van der Waals surface area contributed by atoms with Crippen molar-refractivity contribution in [1.82, 2.24) is 19.5 Å². The first-order chi connectivity index (χ1) is 13.3. The van der Waals surface area contributed by atoms with E-state index in [0.29, 0.717) is 0 Å². The number of nitro benzene ring substituents is 1. The summed E-state index contributed by atoms with van der Waals surface area (Å²) in [6, 6.07) is 11.0. The van der Waals surface area contributed by atoms with Gasteiger partial charge in [0, 0.05) is 12.1 Å². The van der Waals surface area contributed by atoms with E-state index >= 15 is 0 Å². The van der Waals surface area contributed by atoms with Crippen LogP contribution in [0, 0.1) is 10.1 Å². The van der Waals surface area contributed by atoms with E-state index in [4.69, 9.17) is 0 Å². The van der Waals surface area contributed by atoms with Crippen molar-refractivity contribution in [1.29, 1.82) is 0 Å². The van der Waals surface area contributed by atoms with Crippen LogP contribution in [-0.2, 0) is 10.0 Å². The SMILES string of the molecule is CNS(=O)(=O)c1ccc(NC(C)c2ccc(-n3cncn3)cc2)c([N+](=O)[O-])c1. The highest BCUT2D eigenvalue weighted by atomic mass is 32.2. The first-order valence-electron chi connectivity index (χ1n) is 8.25. The van der Waals surface area contributed by atoms with Crippen LogP contribution in [0.3, 0.4) is 0 Å². The lowest BCUT2D eigenvalue weighted by Crippen LogP contribution is -2.19. The van der Waals surface area contributed by atoms with Crippen molar-refractivity contribution in [2.75, 3.05) is 12.4 Å². The van der Waals surface area contributed by atoms with Gasteiger partial charge in [-0.25, -0.2) is 22.8 Å². The van der Waals surface area contributed by atoms with Crippen molar-refractivity contribution in [2.24, 2.45) is 0 Å². The molecule has 0 aliphatic rings. The zero-order chi connectivity index (χ0) is 20.3. The monoisotopic (exact) mass is 402 g/mol. The van der Waals surface area contributed by atoms with Crippen LogP contribution in [-0.4, -0.2) is 35.2 Å². The second-order valence-electron chi connectivity index (χ2n) is 5.94. The van der Waals surface area contributed by atoms with Crippen molar-refractivity contribution >= 4 is 21.4 Å². The number of hydrogen-bond acceptors (Lipinski definition) is 7. The van der Waals surface area contributed by atoms with E-state index in [1.807, 2.05) is 31.2 Å². The van der Waals surface area contributed by atoms with Gasteiger partial charge in [0.1, 0.15) is 18.3 Å². The van der Waals surface area contributed by atoms with Crippen LogP contribution in [0.25, 0.3) is 5.69 Å². The van der Waals surface area contributed by atoms with Gasteiger partial charge in [0.05, 0.1) is 15.5 Å². The number of hydrogen-bond donors (Lipinski definition) is 2. The quantitative estimate of drug-likeness (QED) is 0.457. The summed E-state index contributed by atoms with van der Waals surface area (Å²) < 4.78 is 27.6. The average Bonchev–Trinajstić information content (AvgIpc) is 3.23. The maximum absolute atomic E-state index is 11.9. The largest absolute Gasteiger partial charge is 0.373 e. The third-order valence-corrected chi connectivity index (χ3v) is 5.61. The van der Waals surface area contributed by atoms with Gasteiger partial charge in [0.15, 0.2) is 0 Å². The molecule has 0 fully saturated rings. The van der Waals surface area contributed by atoms with Crippen LogP contribution in [0.1, 0.15) is 18.5 Å². The van der Waals surface area contributed by atoms with Crippen molar-refractivity contribution in [2.45, 2.75) is 17.9 Å². The van der Waals surface area contributed by atoms with E-state index < -0.39 is 14.9 Å². The molecule has 0 spiro atoms. The van der Waals surface area contributed by atoms with Gasteiger partial charge in [-0.3, -0.25) is 10.1 Å². The van der Waals surface area contributed by atoms with Gasteiger partial charge in [-0.2, -0.15) is 5.10 Å². The smallest absolute Gasteiger partial charge is 0.293 e. The van der Waals surface area contributed by atoms with Crippen LogP contribution >= 0.6 is 0 Å². The molecular weight excluding hydrogens is 384 g/mol. The summed E-state index contributed by atoms with van der Waals surface area (Å²) in [5.74, 6) is 0. The molecule has 3 rings (SSSR count). The van der Waals surface area contributed by atoms with Crippen LogP contribution in [0.5, 0.6) is 0 Å². The third kappa shape index (κ3) is 4.00. The molecule has 2 N–H and O–H groups in total. The van der Waals surface area contributed by atoms with E-state index in [1.165, 1.54) is 25.5 Å². The Hall–Kier alpha value is -3.31. The highest BCUT2D eigenvalue weighted by Gasteiger charge is 2.21. The summed E-state index contributed by atoms with van der Waals surface area (Å²) in [5, 5.41) is 18.5. The minimum absolute atomic E-state index is 0.169. The number of nitrogens with zero attached hydrogens (tertiary/aromatic N) is 4. The lowest BCUT2D eigenvalue weighted by Gasteiger charge is -2.16. The number of rotatable bonds is 7. The minimum Gasteiger partial charge on any atom is -0.373 e. The summed E-state index contributed by atoms with van der Waals surface area (Å²) in [5.41, 5.74) is 1.64. The van der Waals surface area contributed by atoms with E-state index in [0.717, 1.165) is 17.3 Å². The van der Waals surface area contributed by atoms with Crippen molar-refractivity contribution < 1.29 is 13.3 Å². The summed E-state index contributed by atoms with van der Waals surface area (Å²) in [6.45, 7) is 1.85. The summed E-state index contributed by atoms with van der Waals surface area (Å²) in [7, 11) is -2.53. The number of sulfonamides is 1. The molecule has 0 radical (unpaired) electrons. The van der Waals surface area contributed by atoms with Crippen LogP contribution in [0.4, 0.5) is 11.4 Å². The van der Waals surface area contributed by atoms with Crippen LogP contribution in [0.2, 0.25) is 0 Å². The molecule has 0 amide bonds. The van der Waals surface area contributed by atoms with Crippen LogP contribution in [0.15, 0.2) is 60.0 Å². The average molecular weight is 402 g/mol. The summed E-state index contributed by atoms with van der Waals surface area (Å²) in [4.78, 5) is 14.5. The fourth-order valence-corrected chi connectivity index (χ4v) is 3.39. The van der Waals surface area contributed by atoms with Gasteiger partial charge in [0.2, 0.25) is 10.0 Å². The highest BCUT2D eigenvalue weighted by Crippen LogP contribution is 2.30. The first-order valence-corrected chi connectivity index (χ1v) is 9.73. The van der Waals surface area contributed by atoms with Crippen molar-refractivity contribution in [3.63, 3.8) is 0 Å². The van der Waals surface area contributed by atoms with E-state index in [-0.39, 0.29) is 22.3 Å². The molecule has 0 bridgehead atoms. The number of benzene rings is 2. The summed E-state index contributed by atoms with van der Waals surface area (Å²) >= 11 is 0. The fourth-order valence-electron chi connectivity index (χ4n) is 2.64. The van der Waals surface area contributed by atoms with E-state index in [9.17, 15) is 18.5 Å². The van der Waals surface area contributed by atoms with Gasteiger partial charge in [0.25, 0.3) is 5.69 Å². The zero-order valence-electron chi connectivity index (χ0n) is 15.1. The molecule has 1 atom stereocenters. The Morgan fingerprint density at radius 1 is 1.18 bits per heavy atom. The Bertz CT molecular complexity index is 1080. The van der Waals surface area contributed by atoms with Gasteiger partial charge in [-0.05, 0) is 43.8 Å². The molecule has 3 aromatic rings. The molecule has 146 valence electrons. The Morgan fingerprint density at radius 2 is 1.89 bits per heavy atom. The number of anilines is 1. The molecule has 0 saturated heterocycles. The standard InChI is InChI=1S/C17H18N6O4S/c1-12(13-3-5-14(6-4-13)22-11-19-10-20-22)21-16-8-7-15(28(26,27)18-2)9-17(16)23(24)25/h3-12,18,21H,1-2H3. The number of nitro groups is 1. The molecule has 0 saturated carbocycles. The van der Waals surface area contributed by atoms with Crippen molar-refractivity contribution in [3.8, 4) is 5.69 Å². The topological polar surface area (TPSA) is 132 Å². The first kappa shape index (κ1) is 19.5. The normalized spacial score (nSPS) is 12.5. The van der Waals surface area contributed by atoms with Crippen LogP contribution < -0.4 is 10.0 Å². The molecular formula is C17H18N6O4S. The molecule has 2 aromatic carbocycles. The maximum Gasteiger partial charge on any atom is 0.293 e. The lowest BCUT2D eigenvalue weighted by atomic mass is 10.1. The van der Waals surface area contributed by atoms with E-state index in [2.05, 4.69) is 20.1 Å². The maximum atomic E-state index is 11.9. The molecule has 1 unspecified atom stereocenters. The molecule has 11 heteroatoms. The lowest BCUT2D eigenvalue weighted by molar-refractivity contribution is -0.384. The van der Waals surface area contributed by atoms with Gasteiger partial charge < -0.3 is 5.32 Å². The fraction of sp³-hybridized carbons (Fsp3) is 0.176. The minimum atomic E-state index is -3.77. The van der Waals surface area contributed by atoms with Gasteiger partial charge >= 0.3 is 0 Å². The van der Waals surface area contributed by atoms with Gasteiger partial charge in [-0.1, -0.05) is 12.1 Å². The molecule has 1 heterocycles. The second kappa shape index (κ2) is 7.74. The van der Waals surface area contributed by atoms with Gasteiger partial charge in [-0.15, -0.1) is 0 Å². The van der Waals surface area contributed by atoms with E-state index in [1.54, 1.807) is 11.0 Å². The number of aromatic nitrogens is 3. The zero-order valence-corrected chi connectivity index (χ0v) is 15.9. The highest BCUT2D eigenvalue weighted by molar-refractivity contribution is 7.89. The Kier molecular flexibility index (Phi) is 5.38.